The molecule has 0 spiro atoms. The van der Waals surface area contributed by atoms with E-state index in [0.717, 1.165) is 13.1 Å². The summed E-state index contributed by atoms with van der Waals surface area (Å²) in [6, 6.07) is 12.9. The smallest absolute Gasteiger partial charge is 0.325 e. The topological polar surface area (TPSA) is 108 Å². The van der Waals surface area contributed by atoms with Crippen molar-refractivity contribution < 1.29 is 22.7 Å². The van der Waals surface area contributed by atoms with Crippen LogP contribution < -0.4 is 14.9 Å². The fraction of sp³-hybridized carbons (Fsp3) is 0.364. The van der Waals surface area contributed by atoms with E-state index in [0.29, 0.717) is 24.5 Å². The molecule has 0 atom stereocenters. The van der Waals surface area contributed by atoms with E-state index >= 15 is 0 Å². The number of likely N-dealkylation sites (N-methyl/N-ethyl adjacent to an activating group) is 1. The first-order valence-electron chi connectivity index (χ1n) is 10.4. The Balaban J connectivity index is 1.93. The normalized spacial score (nSPS) is 14.0. The van der Waals surface area contributed by atoms with Gasteiger partial charge in [0.15, 0.2) is 0 Å². The second kappa shape index (κ2) is 10.5. The van der Waals surface area contributed by atoms with E-state index in [1.807, 2.05) is 0 Å². The molecular weight excluding hydrogens is 432 g/mol. The molecule has 0 unspecified atom stereocenters. The quantitative estimate of drug-likeness (QED) is 0.575. The lowest BCUT2D eigenvalue weighted by Gasteiger charge is -2.31. The molecule has 2 aromatic carbocycles. The Hall–Kier alpha value is -3.11. The van der Waals surface area contributed by atoms with E-state index in [1.54, 1.807) is 37.3 Å². The van der Waals surface area contributed by atoms with Crippen LogP contribution in [-0.4, -0.2) is 71.6 Å². The average molecular weight is 461 g/mol. The molecule has 32 heavy (non-hydrogen) atoms. The van der Waals surface area contributed by atoms with E-state index in [2.05, 4.69) is 14.9 Å². The molecular formula is C22H28N4O5S. The van der Waals surface area contributed by atoms with Gasteiger partial charge in [0.1, 0.15) is 6.54 Å². The lowest BCUT2D eigenvalue weighted by Crippen LogP contribution is -2.43. The molecule has 0 aliphatic carbocycles. The van der Waals surface area contributed by atoms with Crippen molar-refractivity contribution in [3.8, 4) is 0 Å². The summed E-state index contributed by atoms with van der Waals surface area (Å²) in [5.41, 5.74) is 1.27. The van der Waals surface area contributed by atoms with Crippen LogP contribution >= 0.6 is 0 Å². The summed E-state index contributed by atoms with van der Waals surface area (Å²) in [7, 11) is -2.36. The first kappa shape index (κ1) is 23.6. The van der Waals surface area contributed by atoms with Gasteiger partial charge >= 0.3 is 5.97 Å². The number of piperazine rings is 1. The summed E-state index contributed by atoms with van der Waals surface area (Å²) in [5.74, 6) is -0.920. The van der Waals surface area contributed by atoms with E-state index in [1.165, 1.54) is 30.1 Å². The number of rotatable bonds is 8. The zero-order valence-electron chi connectivity index (χ0n) is 18.2. The Bertz CT molecular complexity index is 1050. The summed E-state index contributed by atoms with van der Waals surface area (Å²) in [6.07, 6.45) is 0. The van der Waals surface area contributed by atoms with Crippen molar-refractivity contribution in [2.75, 3.05) is 56.0 Å². The third-order valence-corrected chi connectivity index (χ3v) is 6.40. The molecule has 172 valence electrons. The number of sulfonamides is 1. The zero-order chi connectivity index (χ0) is 23.1. The van der Waals surface area contributed by atoms with E-state index in [9.17, 15) is 18.0 Å². The van der Waals surface area contributed by atoms with Crippen molar-refractivity contribution in [2.45, 2.75) is 11.8 Å². The lowest BCUT2D eigenvalue weighted by molar-refractivity contribution is -0.143. The highest BCUT2D eigenvalue weighted by Crippen LogP contribution is 2.30. The van der Waals surface area contributed by atoms with Crippen LogP contribution in [0.4, 0.5) is 11.4 Å². The molecule has 2 aromatic rings. The van der Waals surface area contributed by atoms with Crippen LogP contribution in [0.5, 0.6) is 0 Å². The number of anilines is 2. The van der Waals surface area contributed by atoms with Crippen molar-refractivity contribution in [1.82, 2.24) is 10.2 Å². The second-order valence-electron chi connectivity index (χ2n) is 7.35. The predicted molar refractivity (Wildman–Crippen MR) is 122 cm³/mol. The highest BCUT2D eigenvalue weighted by atomic mass is 32.2. The number of amides is 1. The Morgan fingerprint density at radius 2 is 1.81 bits per heavy atom. The number of nitrogens with zero attached hydrogens (tertiary/aromatic N) is 2. The van der Waals surface area contributed by atoms with Gasteiger partial charge in [-0.15, -0.1) is 0 Å². The number of nitrogens with one attached hydrogen (secondary N) is 2. The highest BCUT2D eigenvalue weighted by molar-refractivity contribution is 7.92. The fourth-order valence-electron chi connectivity index (χ4n) is 3.43. The zero-order valence-corrected chi connectivity index (χ0v) is 19.0. The third-order valence-electron chi connectivity index (χ3n) is 5.02. The SMILES string of the molecule is CCOC(=O)CN(C)C(=O)c1ccc(N2CCNCC2)c(NS(=O)(=O)c2ccccc2)c1. The molecule has 9 nitrogen and oxygen atoms in total. The van der Waals surface area contributed by atoms with Gasteiger partial charge < -0.3 is 19.9 Å². The van der Waals surface area contributed by atoms with Crippen LogP contribution in [0.15, 0.2) is 53.4 Å². The average Bonchev–Trinajstić information content (AvgIpc) is 2.79. The molecule has 0 aromatic heterocycles. The molecule has 1 amide bonds. The summed E-state index contributed by atoms with van der Waals surface area (Å²) in [4.78, 5) is 28.1. The minimum Gasteiger partial charge on any atom is -0.465 e. The monoisotopic (exact) mass is 460 g/mol. The maximum Gasteiger partial charge on any atom is 0.325 e. The minimum atomic E-state index is -3.85. The molecule has 1 aliphatic rings. The summed E-state index contributed by atoms with van der Waals surface area (Å²) >= 11 is 0. The van der Waals surface area contributed by atoms with Gasteiger partial charge in [0.25, 0.3) is 15.9 Å². The maximum absolute atomic E-state index is 13.0. The van der Waals surface area contributed by atoms with Crippen molar-refractivity contribution in [1.29, 1.82) is 0 Å². The van der Waals surface area contributed by atoms with Crippen LogP contribution in [0.25, 0.3) is 0 Å². The minimum absolute atomic E-state index is 0.127. The molecule has 1 heterocycles. The van der Waals surface area contributed by atoms with Crippen molar-refractivity contribution in [3.63, 3.8) is 0 Å². The first-order chi connectivity index (χ1) is 15.3. The van der Waals surface area contributed by atoms with E-state index in [4.69, 9.17) is 4.74 Å². The van der Waals surface area contributed by atoms with Gasteiger partial charge in [-0.25, -0.2) is 8.42 Å². The molecule has 10 heteroatoms. The maximum atomic E-state index is 13.0. The summed E-state index contributed by atoms with van der Waals surface area (Å²) in [6.45, 7) is 4.68. The number of esters is 1. The molecule has 1 saturated heterocycles. The number of hydrogen-bond acceptors (Lipinski definition) is 7. The number of carbonyl (C=O) groups excluding carboxylic acids is 2. The van der Waals surface area contributed by atoms with Gasteiger partial charge in [-0.3, -0.25) is 14.3 Å². The Labute approximate surface area is 188 Å². The van der Waals surface area contributed by atoms with Crippen molar-refractivity contribution in [2.24, 2.45) is 0 Å². The van der Waals surface area contributed by atoms with Crippen molar-refractivity contribution >= 4 is 33.3 Å². The highest BCUT2D eigenvalue weighted by Gasteiger charge is 2.23. The van der Waals surface area contributed by atoms with Crippen LogP contribution in [0.3, 0.4) is 0 Å². The fourth-order valence-corrected chi connectivity index (χ4v) is 4.51. The third kappa shape index (κ3) is 5.77. The van der Waals surface area contributed by atoms with Crippen LogP contribution in [0.2, 0.25) is 0 Å². The van der Waals surface area contributed by atoms with Gasteiger partial charge in [-0.05, 0) is 37.3 Å². The molecule has 3 rings (SSSR count). The van der Waals surface area contributed by atoms with Crippen LogP contribution in [0.1, 0.15) is 17.3 Å². The Morgan fingerprint density at radius 3 is 2.47 bits per heavy atom. The number of benzene rings is 2. The Kier molecular flexibility index (Phi) is 7.70. The molecule has 0 saturated carbocycles. The van der Waals surface area contributed by atoms with Crippen molar-refractivity contribution in [3.05, 3.63) is 54.1 Å². The van der Waals surface area contributed by atoms with Gasteiger partial charge in [0.2, 0.25) is 0 Å². The Morgan fingerprint density at radius 1 is 1.12 bits per heavy atom. The van der Waals surface area contributed by atoms with Crippen LogP contribution in [0, 0.1) is 0 Å². The lowest BCUT2D eigenvalue weighted by atomic mass is 10.1. The summed E-state index contributed by atoms with van der Waals surface area (Å²) in [5, 5.41) is 3.27. The molecule has 2 N–H and O–H groups in total. The molecule has 0 bridgehead atoms. The van der Waals surface area contributed by atoms with E-state index < -0.39 is 21.9 Å². The summed E-state index contributed by atoms with van der Waals surface area (Å²) < 4.78 is 33.5. The number of hydrogen-bond donors (Lipinski definition) is 2. The van der Waals surface area contributed by atoms with Gasteiger partial charge in [0.05, 0.1) is 22.9 Å². The first-order valence-corrected chi connectivity index (χ1v) is 11.9. The molecule has 0 radical (unpaired) electrons. The van der Waals surface area contributed by atoms with E-state index in [-0.39, 0.29) is 23.6 Å². The van der Waals surface area contributed by atoms with Crippen LogP contribution in [-0.2, 0) is 19.6 Å². The number of ether oxygens (including phenoxy) is 1. The molecule has 1 aliphatic heterocycles. The van der Waals surface area contributed by atoms with Gasteiger partial charge in [-0.2, -0.15) is 0 Å². The second-order valence-corrected chi connectivity index (χ2v) is 9.04. The van der Waals surface area contributed by atoms with Gasteiger partial charge in [0, 0.05) is 38.8 Å². The standard InChI is InChI=1S/C22H28N4O5S/c1-3-31-21(27)16-25(2)22(28)17-9-10-20(26-13-11-23-12-14-26)19(15-17)24-32(29,30)18-7-5-4-6-8-18/h4-10,15,23-24H,3,11-14,16H2,1-2H3. The predicted octanol–water partition coefficient (Wildman–Crippen LogP) is 1.53. The largest absolute Gasteiger partial charge is 0.465 e. The van der Waals surface area contributed by atoms with Gasteiger partial charge in [-0.1, -0.05) is 18.2 Å². The molecule has 1 fully saturated rings. The number of carbonyl (C=O) groups is 2.